The molecule has 5 rings (SSSR count). The summed E-state index contributed by atoms with van der Waals surface area (Å²) in [6.45, 7) is 5.64. The van der Waals surface area contributed by atoms with E-state index in [4.69, 9.17) is 0 Å². The average molecular weight is 382 g/mol. The fourth-order valence-electron chi connectivity index (χ4n) is 5.35. The van der Waals surface area contributed by atoms with Gasteiger partial charge in [0.1, 0.15) is 6.04 Å². The van der Waals surface area contributed by atoms with Crippen LogP contribution in [0.2, 0.25) is 0 Å². The first kappa shape index (κ1) is 17.8. The summed E-state index contributed by atoms with van der Waals surface area (Å²) in [7, 11) is 0. The van der Waals surface area contributed by atoms with Gasteiger partial charge in [-0.3, -0.25) is 24.6 Å². The Balaban J connectivity index is 1.31. The number of amides is 3. The van der Waals surface area contributed by atoms with Crippen molar-refractivity contribution >= 4 is 17.7 Å². The molecule has 2 N–H and O–H groups in total. The summed E-state index contributed by atoms with van der Waals surface area (Å²) < 4.78 is 0. The monoisotopic (exact) mass is 382 g/mol. The number of piperidine rings is 2. The highest BCUT2D eigenvalue weighted by atomic mass is 16.2. The largest absolute Gasteiger partial charge is 0.322 e. The molecule has 4 aliphatic rings. The van der Waals surface area contributed by atoms with E-state index in [0.29, 0.717) is 18.4 Å². The highest BCUT2D eigenvalue weighted by Gasteiger charge is 2.44. The fraction of sp³-hybridized carbons (Fsp3) is 0.571. The Bertz CT molecular complexity index is 838. The van der Waals surface area contributed by atoms with E-state index in [0.717, 1.165) is 49.4 Å². The number of hydrogen-bond acceptors (Lipinski definition) is 5. The number of rotatable bonds is 3. The van der Waals surface area contributed by atoms with Gasteiger partial charge in [0.25, 0.3) is 5.91 Å². The van der Waals surface area contributed by atoms with Crippen molar-refractivity contribution in [3.63, 3.8) is 0 Å². The van der Waals surface area contributed by atoms with Crippen LogP contribution in [0.4, 0.5) is 0 Å². The highest BCUT2D eigenvalue weighted by Crippen LogP contribution is 2.40. The SMILES string of the molecule is O=C1CCC(N2Cc3cccc(CN4CC5(CCNCC5)C4)c3C2=O)C(=O)N1. The van der Waals surface area contributed by atoms with Gasteiger partial charge in [-0.1, -0.05) is 18.2 Å². The summed E-state index contributed by atoms with van der Waals surface area (Å²) >= 11 is 0. The van der Waals surface area contributed by atoms with Crippen molar-refractivity contribution in [3.05, 3.63) is 34.9 Å². The molecule has 148 valence electrons. The lowest BCUT2D eigenvalue weighted by atomic mass is 9.72. The van der Waals surface area contributed by atoms with Gasteiger partial charge < -0.3 is 10.2 Å². The normalized spacial score (nSPS) is 26.9. The maximum atomic E-state index is 13.2. The smallest absolute Gasteiger partial charge is 0.255 e. The van der Waals surface area contributed by atoms with E-state index in [1.165, 1.54) is 12.8 Å². The van der Waals surface area contributed by atoms with Crippen LogP contribution in [0.1, 0.15) is 47.2 Å². The highest BCUT2D eigenvalue weighted by molar-refractivity contribution is 6.05. The maximum Gasteiger partial charge on any atom is 0.255 e. The van der Waals surface area contributed by atoms with E-state index in [1.54, 1.807) is 4.90 Å². The number of nitrogens with zero attached hydrogens (tertiary/aromatic N) is 2. The number of carbonyl (C=O) groups is 3. The number of benzene rings is 1. The zero-order chi connectivity index (χ0) is 19.3. The summed E-state index contributed by atoms with van der Waals surface area (Å²) in [4.78, 5) is 40.9. The molecule has 4 heterocycles. The van der Waals surface area contributed by atoms with Crippen molar-refractivity contribution in [3.8, 4) is 0 Å². The average Bonchev–Trinajstić information content (AvgIpc) is 2.99. The molecule has 0 aliphatic carbocycles. The molecule has 3 amide bonds. The first-order valence-corrected chi connectivity index (χ1v) is 10.2. The van der Waals surface area contributed by atoms with Crippen LogP contribution in [-0.4, -0.2) is 59.7 Å². The van der Waals surface area contributed by atoms with Crippen LogP contribution in [0.3, 0.4) is 0 Å². The molecule has 0 bridgehead atoms. The lowest BCUT2D eigenvalue weighted by Crippen LogP contribution is -2.59. The Morgan fingerprint density at radius 1 is 1.11 bits per heavy atom. The van der Waals surface area contributed by atoms with Crippen molar-refractivity contribution in [1.82, 2.24) is 20.4 Å². The minimum atomic E-state index is -0.549. The van der Waals surface area contributed by atoms with Gasteiger partial charge in [0.2, 0.25) is 11.8 Å². The van der Waals surface area contributed by atoms with E-state index in [2.05, 4.69) is 15.5 Å². The van der Waals surface area contributed by atoms with Crippen LogP contribution in [0.25, 0.3) is 0 Å². The molecule has 1 spiro atoms. The second-order valence-corrected chi connectivity index (χ2v) is 8.75. The number of hydrogen-bond donors (Lipinski definition) is 2. The van der Waals surface area contributed by atoms with E-state index >= 15 is 0 Å². The maximum absolute atomic E-state index is 13.2. The molecule has 28 heavy (non-hydrogen) atoms. The molecule has 7 nitrogen and oxygen atoms in total. The number of likely N-dealkylation sites (tertiary alicyclic amines) is 1. The summed E-state index contributed by atoms with van der Waals surface area (Å²) in [6.07, 6.45) is 3.16. The Morgan fingerprint density at radius 2 is 1.89 bits per heavy atom. The van der Waals surface area contributed by atoms with E-state index in [9.17, 15) is 14.4 Å². The summed E-state index contributed by atoms with van der Waals surface area (Å²) in [5.74, 6) is -0.678. The zero-order valence-electron chi connectivity index (χ0n) is 16.0. The van der Waals surface area contributed by atoms with Crippen molar-refractivity contribution in [1.29, 1.82) is 0 Å². The molecule has 0 radical (unpaired) electrons. The minimum absolute atomic E-state index is 0.0720. The van der Waals surface area contributed by atoms with Gasteiger partial charge in [-0.15, -0.1) is 0 Å². The lowest BCUT2D eigenvalue weighted by Gasteiger charge is -2.52. The summed E-state index contributed by atoms with van der Waals surface area (Å²) in [6, 6.07) is 5.48. The zero-order valence-corrected chi connectivity index (χ0v) is 16.0. The summed E-state index contributed by atoms with van der Waals surface area (Å²) in [5, 5.41) is 5.80. The van der Waals surface area contributed by atoms with Gasteiger partial charge in [-0.25, -0.2) is 0 Å². The predicted molar refractivity (Wildman–Crippen MR) is 102 cm³/mol. The molecule has 3 saturated heterocycles. The third kappa shape index (κ3) is 2.93. The van der Waals surface area contributed by atoms with Crippen LogP contribution >= 0.6 is 0 Å². The molecule has 0 aromatic heterocycles. The molecule has 4 aliphatic heterocycles. The quantitative estimate of drug-likeness (QED) is 0.750. The second-order valence-electron chi connectivity index (χ2n) is 8.75. The second kappa shape index (κ2) is 6.67. The third-order valence-corrected chi connectivity index (χ3v) is 6.81. The Morgan fingerprint density at radius 3 is 2.64 bits per heavy atom. The van der Waals surface area contributed by atoms with Gasteiger partial charge in [0, 0.05) is 38.2 Å². The Labute approximate surface area is 164 Å². The number of fused-ring (bicyclic) bond motifs is 1. The molecular formula is C21H26N4O3. The predicted octanol–water partition coefficient (Wildman–Crippen LogP) is 0.633. The number of imide groups is 1. The van der Waals surface area contributed by atoms with Crippen LogP contribution in [0.5, 0.6) is 0 Å². The minimum Gasteiger partial charge on any atom is -0.322 e. The number of carbonyl (C=O) groups excluding carboxylic acids is 3. The van der Waals surface area contributed by atoms with Crippen LogP contribution < -0.4 is 10.6 Å². The van der Waals surface area contributed by atoms with Gasteiger partial charge >= 0.3 is 0 Å². The first-order valence-electron chi connectivity index (χ1n) is 10.2. The van der Waals surface area contributed by atoms with Crippen LogP contribution in [-0.2, 0) is 22.7 Å². The Kier molecular flexibility index (Phi) is 4.25. The van der Waals surface area contributed by atoms with Gasteiger partial charge in [0.15, 0.2) is 0 Å². The number of nitrogens with one attached hydrogen (secondary N) is 2. The summed E-state index contributed by atoms with van der Waals surface area (Å²) in [5.41, 5.74) is 3.27. The van der Waals surface area contributed by atoms with Crippen LogP contribution in [0, 0.1) is 5.41 Å². The van der Waals surface area contributed by atoms with Crippen molar-refractivity contribution in [2.75, 3.05) is 26.2 Å². The molecule has 1 aromatic carbocycles. The molecular weight excluding hydrogens is 356 g/mol. The van der Waals surface area contributed by atoms with Crippen LogP contribution in [0.15, 0.2) is 18.2 Å². The van der Waals surface area contributed by atoms with Gasteiger partial charge in [-0.2, -0.15) is 0 Å². The first-order chi connectivity index (χ1) is 13.5. The van der Waals surface area contributed by atoms with E-state index in [-0.39, 0.29) is 24.1 Å². The van der Waals surface area contributed by atoms with Crippen molar-refractivity contribution in [2.45, 2.75) is 44.8 Å². The molecule has 1 aromatic rings. The van der Waals surface area contributed by atoms with Crippen molar-refractivity contribution < 1.29 is 14.4 Å². The fourth-order valence-corrected chi connectivity index (χ4v) is 5.35. The lowest BCUT2D eigenvalue weighted by molar-refractivity contribution is -0.136. The third-order valence-electron chi connectivity index (χ3n) is 6.81. The molecule has 0 saturated carbocycles. The molecule has 7 heteroatoms. The standard InChI is InChI=1S/C21H26N4O3/c26-17-5-4-16(19(27)23-17)25-11-15-3-1-2-14(18(15)20(25)28)10-24-12-21(13-24)6-8-22-9-7-21/h1-3,16,22H,4-13H2,(H,23,26,27). The van der Waals surface area contributed by atoms with Crippen molar-refractivity contribution in [2.24, 2.45) is 5.41 Å². The van der Waals surface area contributed by atoms with E-state index in [1.807, 2.05) is 18.2 Å². The van der Waals surface area contributed by atoms with Gasteiger partial charge in [-0.05, 0) is 48.9 Å². The molecule has 1 unspecified atom stereocenters. The topological polar surface area (TPSA) is 81.8 Å². The molecule has 3 fully saturated rings. The Hall–Kier alpha value is -2.25. The van der Waals surface area contributed by atoms with Gasteiger partial charge in [0.05, 0.1) is 0 Å². The molecule has 1 atom stereocenters. The van der Waals surface area contributed by atoms with E-state index < -0.39 is 6.04 Å².